The molecule has 126 valence electrons. The number of aromatic nitrogens is 1. The normalized spacial score (nSPS) is 11.7. The number of phenols is 1. The van der Waals surface area contributed by atoms with E-state index < -0.39 is 0 Å². The van der Waals surface area contributed by atoms with Crippen molar-refractivity contribution in [2.24, 2.45) is 0 Å². The van der Waals surface area contributed by atoms with Crippen molar-refractivity contribution < 1.29 is 9.90 Å². The molecule has 2 N–H and O–H groups in total. The molecule has 0 saturated carbocycles. The van der Waals surface area contributed by atoms with Gasteiger partial charge in [-0.3, -0.25) is 9.78 Å². The molecule has 0 spiro atoms. The molecule has 4 nitrogen and oxygen atoms in total. The smallest absolute Gasteiger partial charge is 0.228 e. The van der Waals surface area contributed by atoms with Gasteiger partial charge in [-0.1, -0.05) is 48.5 Å². The van der Waals surface area contributed by atoms with E-state index in [0.29, 0.717) is 13.0 Å². The Hall–Kier alpha value is -3.14. The molecule has 1 aromatic heterocycles. The number of pyridine rings is 1. The summed E-state index contributed by atoms with van der Waals surface area (Å²) in [5.41, 5.74) is 2.79. The Morgan fingerprint density at radius 1 is 0.960 bits per heavy atom. The third kappa shape index (κ3) is 4.67. The van der Waals surface area contributed by atoms with Crippen LogP contribution in [-0.2, 0) is 17.8 Å². The minimum absolute atomic E-state index is 0.0371. The van der Waals surface area contributed by atoms with Gasteiger partial charge in [0.15, 0.2) is 0 Å². The van der Waals surface area contributed by atoms with Crippen LogP contribution in [0.5, 0.6) is 5.75 Å². The topological polar surface area (TPSA) is 62.2 Å². The van der Waals surface area contributed by atoms with Gasteiger partial charge in [-0.25, -0.2) is 0 Å². The van der Waals surface area contributed by atoms with E-state index in [0.717, 1.165) is 16.8 Å². The maximum atomic E-state index is 12.8. The van der Waals surface area contributed by atoms with Gasteiger partial charge >= 0.3 is 0 Å². The lowest BCUT2D eigenvalue weighted by Crippen LogP contribution is -2.30. The second-order valence-corrected chi connectivity index (χ2v) is 5.87. The van der Waals surface area contributed by atoms with Crippen LogP contribution in [0.15, 0.2) is 79.0 Å². The molecule has 1 atom stereocenters. The Labute approximate surface area is 147 Å². The molecule has 4 heteroatoms. The van der Waals surface area contributed by atoms with Gasteiger partial charge in [0.25, 0.3) is 0 Å². The average Bonchev–Trinajstić information content (AvgIpc) is 2.67. The molecule has 0 aliphatic rings. The Balaban J connectivity index is 1.76. The number of aromatic hydroxyl groups is 1. The van der Waals surface area contributed by atoms with Crippen LogP contribution in [0.1, 0.15) is 22.7 Å². The van der Waals surface area contributed by atoms with Crippen molar-refractivity contribution in [1.29, 1.82) is 0 Å². The summed E-state index contributed by atoms with van der Waals surface area (Å²) in [7, 11) is 0. The minimum atomic E-state index is -0.297. The van der Waals surface area contributed by atoms with Gasteiger partial charge < -0.3 is 10.4 Å². The predicted octanol–water partition coefficient (Wildman–Crippen LogP) is 3.43. The van der Waals surface area contributed by atoms with E-state index in [1.807, 2.05) is 60.7 Å². The number of carbonyl (C=O) groups excluding carboxylic acids is 1. The van der Waals surface area contributed by atoms with Crippen LogP contribution < -0.4 is 5.32 Å². The number of carbonyl (C=O) groups is 1. The molecule has 0 aliphatic carbocycles. The quantitative estimate of drug-likeness (QED) is 0.727. The van der Waals surface area contributed by atoms with Crippen molar-refractivity contribution in [3.8, 4) is 5.75 Å². The van der Waals surface area contributed by atoms with Gasteiger partial charge in [-0.2, -0.15) is 0 Å². The van der Waals surface area contributed by atoms with E-state index >= 15 is 0 Å². The molecule has 0 fully saturated rings. The summed E-state index contributed by atoms with van der Waals surface area (Å²) in [6.45, 7) is 0.401. The van der Waals surface area contributed by atoms with Gasteiger partial charge in [0.05, 0.1) is 18.2 Å². The van der Waals surface area contributed by atoms with Gasteiger partial charge in [-0.15, -0.1) is 0 Å². The fraction of sp³-hybridized carbons (Fsp3) is 0.143. The average molecular weight is 332 g/mol. The first kappa shape index (κ1) is 16.7. The van der Waals surface area contributed by atoms with Gasteiger partial charge in [0.2, 0.25) is 5.91 Å². The third-order valence-electron chi connectivity index (χ3n) is 4.06. The maximum absolute atomic E-state index is 12.8. The van der Waals surface area contributed by atoms with Crippen LogP contribution in [0, 0.1) is 0 Å². The summed E-state index contributed by atoms with van der Waals surface area (Å²) in [6, 6.07) is 22.3. The second-order valence-electron chi connectivity index (χ2n) is 5.87. The van der Waals surface area contributed by atoms with Crippen LogP contribution in [0.25, 0.3) is 0 Å². The van der Waals surface area contributed by atoms with Crippen LogP contribution in [0.4, 0.5) is 0 Å². The molecule has 0 bridgehead atoms. The zero-order valence-corrected chi connectivity index (χ0v) is 13.8. The first-order valence-corrected chi connectivity index (χ1v) is 8.23. The number of hydrogen-bond acceptors (Lipinski definition) is 3. The predicted molar refractivity (Wildman–Crippen MR) is 97.1 cm³/mol. The lowest BCUT2D eigenvalue weighted by Gasteiger charge is -2.17. The number of amides is 1. The van der Waals surface area contributed by atoms with Gasteiger partial charge in [0, 0.05) is 6.20 Å². The molecule has 1 amide bonds. The van der Waals surface area contributed by atoms with Crippen LogP contribution in [-0.4, -0.2) is 16.0 Å². The summed E-state index contributed by atoms with van der Waals surface area (Å²) in [6.07, 6.45) is 2.28. The van der Waals surface area contributed by atoms with Crippen molar-refractivity contribution in [2.45, 2.75) is 18.9 Å². The number of hydrogen-bond donors (Lipinski definition) is 2. The Kier molecular flexibility index (Phi) is 5.42. The van der Waals surface area contributed by atoms with E-state index in [9.17, 15) is 9.90 Å². The van der Waals surface area contributed by atoms with Crippen LogP contribution in [0.2, 0.25) is 0 Å². The van der Waals surface area contributed by atoms with Crippen molar-refractivity contribution in [3.05, 3.63) is 95.8 Å². The lowest BCUT2D eigenvalue weighted by molar-refractivity contribution is -0.122. The summed E-state index contributed by atoms with van der Waals surface area (Å²) >= 11 is 0. The molecular weight excluding hydrogens is 312 g/mol. The molecule has 3 aromatic rings. The summed E-state index contributed by atoms with van der Waals surface area (Å²) in [4.78, 5) is 17.0. The summed E-state index contributed by atoms with van der Waals surface area (Å²) < 4.78 is 0. The molecule has 0 saturated heterocycles. The molecule has 25 heavy (non-hydrogen) atoms. The number of rotatable bonds is 6. The molecule has 0 aliphatic heterocycles. The fourth-order valence-corrected chi connectivity index (χ4v) is 2.72. The molecule has 0 radical (unpaired) electrons. The van der Waals surface area contributed by atoms with Crippen LogP contribution in [0.3, 0.4) is 0 Å². The highest BCUT2D eigenvalue weighted by Crippen LogP contribution is 2.22. The number of nitrogens with zero attached hydrogens (tertiary/aromatic N) is 1. The van der Waals surface area contributed by atoms with E-state index in [1.165, 1.54) is 0 Å². The highest BCUT2D eigenvalue weighted by molar-refractivity contribution is 5.84. The SMILES string of the molecule is O=C(NCc1ccccn1)[C@@H](Cc1ccc(O)cc1)c1ccccc1. The van der Waals surface area contributed by atoms with Crippen LogP contribution >= 0.6 is 0 Å². The summed E-state index contributed by atoms with van der Waals surface area (Å²) in [5.74, 6) is -0.112. The Bertz CT molecular complexity index is 802. The monoisotopic (exact) mass is 332 g/mol. The highest BCUT2D eigenvalue weighted by atomic mass is 16.3. The fourth-order valence-electron chi connectivity index (χ4n) is 2.72. The molecule has 3 rings (SSSR count). The van der Waals surface area contributed by atoms with E-state index in [1.54, 1.807) is 18.3 Å². The largest absolute Gasteiger partial charge is 0.508 e. The number of benzene rings is 2. The minimum Gasteiger partial charge on any atom is -0.508 e. The Morgan fingerprint density at radius 2 is 1.68 bits per heavy atom. The van der Waals surface area contributed by atoms with Crippen molar-refractivity contribution in [1.82, 2.24) is 10.3 Å². The number of nitrogens with one attached hydrogen (secondary N) is 1. The van der Waals surface area contributed by atoms with Gasteiger partial charge in [-0.05, 0) is 41.8 Å². The molecule has 2 aromatic carbocycles. The van der Waals surface area contributed by atoms with E-state index in [2.05, 4.69) is 10.3 Å². The maximum Gasteiger partial charge on any atom is 0.228 e. The Morgan fingerprint density at radius 3 is 2.36 bits per heavy atom. The standard InChI is InChI=1S/C21H20N2O2/c24-19-11-9-16(10-12-19)14-20(17-6-2-1-3-7-17)21(25)23-15-18-8-4-5-13-22-18/h1-13,20,24H,14-15H2,(H,23,25)/t20-/m0/s1. The second kappa shape index (κ2) is 8.11. The molecule has 0 unspecified atom stereocenters. The van der Waals surface area contributed by atoms with Gasteiger partial charge in [0.1, 0.15) is 5.75 Å². The summed E-state index contributed by atoms with van der Waals surface area (Å²) in [5, 5.41) is 12.4. The van der Waals surface area contributed by atoms with E-state index in [4.69, 9.17) is 0 Å². The number of phenolic OH excluding ortho intramolecular Hbond substituents is 1. The van der Waals surface area contributed by atoms with Crippen molar-refractivity contribution in [3.63, 3.8) is 0 Å². The highest BCUT2D eigenvalue weighted by Gasteiger charge is 2.21. The first-order chi connectivity index (χ1) is 12.2. The molecular formula is C21H20N2O2. The van der Waals surface area contributed by atoms with Crippen molar-refractivity contribution in [2.75, 3.05) is 0 Å². The zero-order chi connectivity index (χ0) is 17.5. The third-order valence-corrected chi connectivity index (χ3v) is 4.06. The lowest BCUT2D eigenvalue weighted by atomic mass is 9.91. The van der Waals surface area contributed by atoms with E-state index in [-0.39, 0.29) is 17.6 Å². The van der Waals surface area contributed by atoms with Crippen molar-refractivity contribution >= 4 is 5.91 Å². The first-order valence-electron chi connectivity index (χ1n) is 8.23. The zero-order valence-electron chi connectivity index (χ0n) is 13.8. The molecule has 1 heterocycles.